The fraction of sp³-hybridized carbons (Fsp3) is 0.118. The number of rotatable bonds is 2. The highest BCUT2D eigenvalue weighted by atomic mass is 19.1. The van der Waals surface area contributed by atoms with Gasteiger partial charge in [-0.25, -0.2) is 13.6 Å². The van der Waals surface area contributed by atoms with Crippen molar-refractivity contribution >= 4 is 27.7 Å². The van der Waals surface area contributed by atoms with Gasteiger partial charge in [0.15, 0.2) is 0 Å². The van der Waals surface area contributed by atoms with E-state index in [-0.39, 0.29) is 12.4 Å². The Kier molecular flexibility index (Phi) is 3.63. The molecule has 3 rings (SSSR count). The Morgan fingerprint density at radius 3 is 2.45 bits per heavy atom. The summed E-state index contributed by atoms with van der Waals surface area (Å²) < 4.78 is 37.0. The number of carbonyl (C=O) groups excluding carboxylic acids is 1. The maximum atomic E-state index is 13.5. The lowest BCUT2D eigenvalue weighted by atomic mass is 10.0. The molecule has 0 N–H and O–H groups in total. The maximum absolute atomic E-state index is 13.5. The van der Waals surface area contributed by atoms with Gasteiger partial charge in [-0.05, 0) is 54.1 Å². The predicted octanol–water partition coefficient (Wildman–Crippen LogP) is 4.81. The first-order valence-corrected chi connectivity index (χ1v) is 6.74. The van der Waals surface area contributed by atoms with E-state index in [1.807, 2.05) is 0 Å². The molecule has 0 unspecified atom stereocenters. The Bertz CT molecular complexity index is 875. The zero-order valence-corrected chi connectivity index (χ0v) is 11.7. The highest BCUT2D eigenvalue weighted by Crippen LogP contribution is 2.36. The molecule has 0 aliphatic carbocycles. The predicted molar refractivity (Wildman–Crippen MR) is 79.0 cm³/mol. The molecule has 0 aliphatic rings. The van der Waals surface area contributed by atoms with Gasteiger partial charge in [0.2, 0.25) is 0 Å². The normalized spacial score (nSPS) is 10.9. The molecule has 3 aromatic carbocycles. The summed E-state index contributed by atoms with van der Waals surface area (Å²) in [6.45, 7) is 1.81. The molecule has 0 aliphatic heterocycles. The average Bonchev–Trinajstić information content (AvgIpc) is 2.47. The van der Waals surface area contributed by atoms with Gasteiger partial charge in [0.25, 0.3) is 0 Å². The monoisotopic (exact) mass is 302 g/mol. The van der Waals surface area contributed by atoms with E-state index in [1.165, 1.54) is 30.3 Å². The highest BCUT2D eigenvalue weighted by Gasteiger charge is 2.15. The van der Waals surface area contributed by atoms with Crippen molar-refractivity contribution in [1.29, 1.82) is 0 Å². The summed E-state index contributed by atoms with van der Waals surface area (Å²) in [5.41, 5.74) is 0. The summed E-state index contributed by atoms with van der Waals surface area (Å²) in [6.07, 6.45) is -0.884. The SMILES string of the molecule is CCOC(=O)Oc1c2ccc(F)cc2cc2ccc(F)cc12. The number of carbonyl (C=O) groups is 1. The quantitative estimate of drug-likeness (QED) is 0.387. The first kappa shape index (κ1) is 14.3. The summed E-state index contributed by atoms with van der Waals surface area (Å²) in [4.78, 5) is 11.6. The number of halogens is 2. The number of benzene rings is 3. The smallest absolute Gasteiger partial charge is 0.434 e. The van der Waals surface area contributed by atoms with Crippen molar-refractivity contribution in [2.24, 2.45) is 0 Å². The van der Waals surface area contributed by atoms with Crippen LogP contribution in [0.1, 0.15) is 6.92 Å². The Morgan fingerprint density at radius 1 is 0.955 bits per heavy atom. The molecule has 0 heterocycles. The topological polar surface area (TPSA) is 35.5 Å². The second-order valence-electron chi connectivity index (χ2n) is 4.72. The maximum Gasteiger partial charge on any atom is 0.513 e. The number of hydrogen-bond donors (Lipinski definition) is 0. The van der Waals surface area contributed by atoms with E-state index in [1.54, 1.807) is 19.1 Å². The van der Waals surface area contributed by atoms with Gasteiger partial charge in [0.05, 0.1) is 6.61 Å². The van der Waals surface area contributed by atoms with E-state index in [9.17, 15) is 13.6 Å². The molecular weight excluding hydrogens is 290 g/mol. The lowest BCUT2D eigenvalue weighted by Gasteiger charge is -2.11. The largest absolute Gasteiger partial charge is 0.513 e. The van der Waals surface area contributed by atoms with Crippen LogP contribution in [0.2, 0.25) is 0 Å². The van der Waals surface area contributed by atoms with Crippen LogP contribution in [0.4, 0.5) is 13.6 Å². The summed E-state index contributed by atoms with van der Waals surface area (Å²) in [7, 11) is 0. The van der Waals surface area contributed by atoms with Gasteiger partial charge >= 0.3 is 6.16 Å². The molecule has 5 heteroatoms. The van der Waals surface area contributed by atoms with Gasteiger partial charge in [-0.2, -0.15) is 0 Å². The van der Waals surface area contributed by atoms with E-state index in [2.05, 4.69) is 0 Å². The minimum atomic E-state index is -0.884. The van der Waals surface area contributed by atoms with E-state index in [0.29, 0.717) is 21.5 Å². The lowest BCUT2D eigenvalue weighted by Crippen LogP contribution is -2.10. The van der Waals surface area contributed by atoms with Crippen molar-refractivity contribution in [3.05, 3.63) is 54.1 Å². The van der Waals surface area contributed by atoms with Gasteiger partial charge in [-0.15, -0.1) is 0 Å². The summed E-state index contributed by atoms with van der Waals surface area (Å²) in [6, 6.07) is 9.90. The van der Waals surface area contributed by atoms with Crippen LogP contribution < -0.4 is 4.74 Å². The molecule has 0 atom stereocenters. The molecule has 0 aromatic heterocycles. The van der Waals surface area contributed by atoms with Crippen molar-refractivity contribution in [3.63, 3.8) is 0 Å². The third-order valence-corrected chi connectivity index (χ3v) is 3.28. The molecule has 3 aromatic rings. The minimum Gasteiger partial charge on any atom is -0.434 e. The van der Waals surface area contributed by atoms with Crippen LogP contribution in [0.5, 0.6) is 5.75 Å². The van der Waals surface area contributed by atoms with E-state index >= 15 is 0 Å². The molecule has 3 nitrogen and oxygen atoms in total. The van der Waals surface area contributed by atoms with Gasteiger partial charge in [0, 0.05) is 10.8 Å². The van der Waals surface area contributed by atoms with E-state index in [0.717, 1.165) is 0 Å². The molecular formula is C17H12F2O3. The van der Waals surface area contributed by atoms with Gasteiger partial charge in [0.1, 0.15) is 17.4 Å². The Morgan fingerprint density at radius 2 is 1.68 bits per heavy atom. The molecule has 0 saturated heterocycles. The molecule has 0 amide bonds. The Balaban J connectivity index is 2.30. The molecule has 22 heavy (non-hydrogen) atoms. The highest BCUT2D eigenvalue weighted by molar-refractivity contribution is 6.06. The van der Waals surface area contributed by atoms with E-state index < -0.39 is 17.8 Å². The number of hydrogen-bond acceptors (Lipinski definition) is 3. The standard InChI is InChI=1S/C17H12F2O3/c1-2-21-17(20)22-16-14-6-5-12(18)8-11(14)7-10-3-4-13(19)9-15(10)16/h3-9H,2H2,1H3. The molecule has 0 saturated carbocycles. The summed E-state index contributed by atoms with van der Waals surface area (Å²) in [5, 5.41) is 2.12. The average molecular weight is 302 g/mol. The molecule has 0 fully saturated rings. The fourth-order valence-electron chi connectivity index (χ4n) is 2.36. The first-order chi connectivity index (χ1) is 10.6. The molecule has 0 spiro atoms. The minimum absolute atomic E-state index is 0.157. The first-order valence-electron chi connectivity index (χ1n) is 6.74. The van der Waals surface area contributed by atoms with Crippen molar-refractivity contribution in [2.45, 2.75) is 6.92 Å². The Labute approximate surface area is 125 Å². The summed E-state index contributed by atoms with van der Waals surface area (Å²) >= 11 is 0. The van der Waals surface area contributed by atoms with Crippen LogP contribution >= 0.6 is 0 Å². The van der Waals surface area contributed by atoms with Crippen LogP contribution in [0.3, 0.4) is 0 Å². The second kappa shape index (κ2) is 5.60. The van der Waals surface area contributed by atoms with Crippen LogP contribution in [-0.2, 0) is 4.74 Å². The summed E-state index contributed by atoms with van der Waals surface area (Å²) in [5.74, 6) is -0.704. The van der Waals surface area contributed by atoms with Crippen LogP contribution in [0.25, 0.3) is 21.5 Å². The third-order valence-electron chi connectivity index (χ3n) is 3.28. The lowest BCUT2D eigenvalue weighted by molar-refractivity contribution is 0.105. The number of ether oxygens (including phenoxy) is 2. The van der Waals surface area contributed by atoms with Crippen molar-refractivity contribution in [1.82, 2.24) is 0 Å². The number of fused-ring (bicyclic) bond motifs is 2. The van der Waals surface area contributed by atoms with Crippen LogP contribution in [0, 0.1) is 11.6 Å². The van der Waals surface area contributed by atoms with Crippen molar-refractivity contribution in [3.8, 4) is 5.75 Å². The van der Waals surface area contributed by atoms with Crippen LogP contribution in [-0.4, -0.2) is 12.8 Å². The molecule has 0 bridgehead atoms. The molecule has 0 radical (unpaired) electrons. The van der Waals surface area contributed by atoms with Gasteiger partial charge < -0.3 is 9.47 Å². The van der Waals surface area contributed by atoms with E-state index in [4.69, 9.17) is 9.47 Å². The molecule has 112 valence electrons. The fourth-order valence-corrected chi connectivity index (χ4v) is 2.36. The second-order valence-corrected chi connectivity index (χ2v) is 4.72. The van der Waals surface area contributed by atoms with Crippen LogP contribution in [0.15, 0.2) is 42.5 Å². The van der Waals surface area contributed by atoms with Crippen molar-refractivity contribution < 1.29 is 23.0 Å². The third kappa shape index (κ3) is 2.57. The van der Waals surface area contributed by atoms with Gasteiger partial charge in [-0.3, -0.25) is 0 Å². The van der Waals surface area contributed by atoms with Gasteiger partial charge in [-0.1, -0.05) is 6.07 Å². The zero-order chi connectivity index (χ0) is 15.7. The van der Waals surface area contributed by atoms with Crippen molar-refractivity contribution in [2.75, 3.05) is 6.61 Å². The Hall–Kier alpha value is -2.69. The zero-order valence-electron chi connectivity index (χ0n) is 11.7.